The molecule has 6 nitrogen and oxygen atoms in total. The second kappa shape index (κ2) is 9.16. The summed E-state index contributed by atoms with van der Waals surface area (Å²) in [6, 6.07) is 5.51. The van der Waals surface area contributed by atoms with Crippen LogP contribution in [0, 0.1) is 0 Å². The molecule has 0 amide bonds. The summed E-state index contributed by atoms with van der Waals surface area (Å²) in [5.74, 6) is 0.614. The molecule has 2 rings (SSSR count). The van der Waals surface area contributed by atoms with Crippen molar-refractivity contribution in [2.45, 2.75) is 38.7 Å². The molecule has 1 atom stereocenters. The number of rotatable bonds is 7. The Bertz CT molecular complexity index is 810. The molecule has 0 aliphatic heterocycles. The predicted octanol–water partition coefficient (Wildman–Crippen LogP) is 3.47. The molecule has 1 heterocycles. The third kappa shape index (κ3) is 5.63. The van der Waals surface area contributed by atoms with E-state index in [1.54, 1.807) is 24.0 Å². The molecular formula is C20H29Cl2N5O. The number of aryl methyl sites for hydroxylation is 1. The van der Waals surface area contributed by atoms with Gasteiger partial charge in [0, 0.05) is 40.8 Å². The van der Waals surface area contributed by atoms with E-state index in [9.17, 15) is 5.11 Å². The van der Waals surface area contributed by atoms with Gasteiger partial charge >= 0.3 is 0 Å². The minimum Gasteiger partial charge on any atom is -0.383 e. The lowest BCUT2D eigenvalue weighted by molar-refractivity contribution is 0.0616. The second-order valence-electron chi connectivity index (χ2n) is 7.71. The Balaban J connectivity index is 2.13. The van der Waals surface area contributed by atoms with Crippen LogP contribution in [-0.2, 0) is 18.1 Å². The Hall–Kier alpha value is -1.76. The summed E-state index contributed by atoms with van der Waals surface area (Å²) in [7, 11) is 1.82. The Morgan fingerprint density at radius 2 is 1.86 bits per heavy atom. The Kier molecular flexibility index (Phi) is 7.37. The number of nitrogens with one attached hydrogen (secondary N) is 2. The van der Waals surface area contributed by atoms with Gasteiger partial charge in [-0.05, 0) is 31.5 Å². The first kappa shape index (κ1) is 22.5. The number of guanidine groups is 1. The van der Waals surface area contributed by atoms with Gasteiger partial charge in [0.2, 0.25) is 0 Å². The van der Waals surface area contributed by atoms with Crippen LogP contribution < -0.4 is 10.6 Å². The smallest absolute Gasteiger partial charge is 0.191 e. The van der Waals surface area contributed by atoms with Crippen LogP contribution in [-0.4, -0.2) is 40.5 Å². The molecule has 1 aromatic heterocycles. The normalized spacial score (nSPS) is 14.6. The fraction of sp³-hybridized carbons (Fsp3) is 0.500. The van der Waals surface area contributed by atoms with Crippen LogP contribution in [0.25, 0.3) is 0 Å². The highest BCUT2D eigenvalue weighted by molar-refractivity contribution is 6.36. The van der Waals surface area contributed by atoms with Gasteiger partial charge in [0.1, 0.15) is 5.60 Å². The zero-order chi connectivity index (χ0) is 20.9. The summed E-state index contributed by atoms with van der Waals surface area (Å²) >= 11 is 12.8. The summed E-state index contributed by atoms with van der Waals surface area (Å²) in [6.45, 7) is 9.31. The van der Waals surface area contributed by atoms with Crippen LogP contribution in [0.15, 0.2) is 35.6 Å². The molecule has 2 aromatic rings. The molecule has 0 saturated heterocycles. The summed E-state index contributed by atoms with van der Waals surface area (Å²) < 4.78 is 1.67. The minimum atomic E-state index is -1.08. The van der Waals surface area contributed by atoms with Gasteiger partial charge in [-0.25, -0.2) is 0 Å². The van der Waals surface area contributed by atoms with Crippen LogP contribution in [0.2, 0.25) is 10.0 Å². The SMILES string of the molecule is CCNC(=NCC(C)(C)c1c(Cl)cccc1Cl)NCC(C)(O)c1cnn(C)c1. The van der Waals surface area contributed by atoms with Gasteiger partial charge in [0.05, 0.1) is 19.3 Å². The standard InChI is InChI=1S/C20H29Cl2N5O/c1-6-23-18(25-13-20(4,28)14-10-26-27(5)11-14)24-12-19(2,3)17-15(21)8-7-9-16(17)22/h7-11,28H,6,12-13H2,1-5H3,(H2,23,24,25). The van der Waals surface area contributed by atoms with Gasteiger partial charge in [-0.15, -0.1) is 0 Å². The van der Waals surface area contributed by atoms with E-state index in [0.717, 1.165) is 11.1 Å². The predicted molar refractivity (Wildman–Crippen MR) is 116 cm³/mol. The molecular weight excluding hydrogens is 397 g/mol. The van der Waals surface area contributed by atoms with Crippen LogP contribution in [0.3, 0.4) is 0 Å². The highest BCUT2D eigenvalue weighted by Gasteiger charge is 2.27. The average molecular weight is 426 g/mol. The van der Waals surface area contributed by atoms with E-state index in [1.165, 1.54) is 0 Å². The molecule has 28 heavy (non-hydrogen) atoms. The largest absolute Gasteiger partial charge is 0.383 e. The van der Waals surface area contributed by atoms with Crippen molar-refractivity contribution in [1.82, 2.24) is 20.4 Å². The lowest BCUT2D eigenvalue weighted by Crippen LogP contribution is -2.45. The summed E-state index contributed by atoms with van der Waals surface area (Å²) in [4.78, 5) is 4.69. The van der Waals surface area contributed by atoms with Crippen molar-refractivity contribution in [2.75, 3.05) is 19.6 Å². The van der Waals surface area contributed by atoms with E-state index in [-0.39, 0.29) is 12.0 Å². The maximum atomic E-state index is 10.8. The Morgan fingerprint density at radius 3 is 2.39 bits per heavy atom. The highest BCUT2D eigenvalue weighted by atomic mass is 35.5. The number of aromatic nitrogens is 2. The molecule has 8 heteroatoms. The van der Waals surface area contributed by atoms with Crippen molar-refractivity contribution < 1.29 is 5.11 Å². The Labute approximate surface area is 177 Å². The first-order chi connectivity index (χ1) is 13.1. The van der Waals surface area contributed by atoms with Crippen molar-refractivity contribution in [3.05, 3.63) is 51.8 Å². The summed E-state index contributed by atoms with van der Waals surface area (Å²) in [5, 5.41) is 22.6. The first-order valence-electron chi connectivity index (χ1n) is 9.25. The molecule has 0 saturated carbocycles. The third-order valence-corrected chi connectivity index (χ3v) is 5.17. The average Bonchev–Trinajstić information content (AvgIpc) is 3.04. The second-order valence-corrected chi connectivity index (χ2v) is 8.52. The van der Waals surface area contributed by atoms with Crippen LogP contribution in [0.4, 0.5) is 0 Å². The molecule has 154 valence electrons. The number of halogens is 2. The molecule has 1 unspecified atom stereocenters. The van der Waals surface area contributed by atoms with Gasteiger partial charge in [0.15, 0.2) is 5.96 Å². The number of benzene rings is 1. The van der Waals surface area contributed by atoms with Crippen molar-refractivity contribution in [3.8, 4) is 0 Å². The fourth-order valence-electron chi connectivity index (χ4n) is 2.90. The number of hydrogen-bond donors (Lipinski definition) is 3. The van der Waals surface area contributed by atoms with Gasteiger partial charge in [-0.2, -0.15) is 5.10 Å². The molecule has 1 aromatic carbocycles. The number of aliphatic hydroxyl groups is 1. The molecule has 3 N–H and O–H groups in total. The molecule has 0 fully saturated rings. The van der Waals surface area contributed by atoms with E-state index < -0.39 is 5.60 Å². The third-order valence-electron chi connectivity index (χ3n) is 4.54. The number of nitrogens with zero attached hydrogens (tertiary/aromatic N) is 3. The van der Waals surface area contributed by atoms with Crippen LogP contribution in [0.1, 0.15) is 38.8 Å². The topological polar surface area (TPSA) is 74.5 Å². The fourth-order valence-corrected chi connectivity index (χ4v) is 3.81. The number of aliphatic imine (C=N–C) groups is 1. The maximum absolute atomic E-state index is 10.8. The minimum absolute atomic E-state index is 0.289. The number of hydrogen-bond acceptors (Lipinski definition) is 3. The summed E-state index contributed by atoms with van der Waals surface area (Å²) in [6.07, 6.45) is 3.46. The lowest BCUT2D eigenvalue weighted by Gasteiger charge is -2.27. The lowest BCUT2D eigenvalue weighted by atomic mass is 9.84. The highest BCUT2D eigenvalue weighted by Crippen LogP contribution is 2.35. The quantitative estimate of drug-likeness (QED) is 0.468. The first-order valence-corrected chi connectivity index (χ1v) is 10.0. The van der Waals surface area contributed by atoms with Crippen molar-refractivity contribution in [3.63, 3.8) is 0 Å². The van der Waals surface area contributed by atoms with Gasteiger partial charge < -0.3 is 15.7 Å². The van der Waals surface area contributed by atoms with E-state index in [4.69, 9.17) is 28.2 Å². The van der Waals surface area contributed by atoms with Crippen LogP contribution >= 0.6 is 23.2 Å². The van der Waals surface area contributed by atoms with Gasteiger partial charge in [0.25, 0.3) is 0 Å². The summed E-state index contributed by atoms with van der Waals surface area (Å²) in [5.41, 5.74) is 0.178. The Morgan fingerprint density at radius 1 is 1.21 bits per heavy atom. The van der Waals surface area contributed by atoms with Gasteiger partial charge in [-0.3, -0.25) is 9.67 Å². The molecule has 0 aliphatic carbocycles. The monoisotopic (exact) mass is 425 g/mol. The van der Waals surface area contributed by atoms with Crippen molar-refractivity contribution in [1.29, 1.82) is 0 Å². The van der Waals surface area contributed by atoms with E-state index >= 15 is 0 Å². The molecule has 0 aliphatic rings. The van der Waals surface area contributed by atoms with Crippen molar-refractivity contribution in [2.24, 2.45) is 12.0 Å². The molecule has 0 spiro atoms. The van der Waals surface area contributed by atoms with Crippen LogP contribution in [0.5, 0.6) is 0 Å². The maximum Gasteiger partial charge on any atom is 0.191 e. The van der Waals surface area contributed by atoms with Crippen molar-refractivity contribution >= 4 is 29.2 Å². The molecule has 0 radical (unpaired) electrons. The van der Waals surface area contributed by atoms with Gasteiger partial charge in [-0.1, -0.05) is 43.1 Å². The van der Waals surface area contributed by atoms with E-state index in [1.807, 2.05) is 32.2 Å². The van der Waals surface area contributed by atoms with E-state index in [0.29, 0.717) is 29.1 Å². The zero-order valence-electron chi connectivity index (χ0n) is 17.1. The van der Waals surface area contributed by atoms with E-state index in [2.05, 4.69) is 29.6 Å². The molecule has 0 bridgehead atoms. The zero-order valence-corrected chi connectivity index (χ0v) is 18.6.